The fourth-order valence-corrected chi connectivity index (χ4v) is 7.56. The highest BCUT2D eigenvalue weighted by atomic mass is 16.5. The van der Waals surface area contributed by atoms with E-state index in [4.69, 9.17) is 10.5 Å². The van der Waals surface area contributed by atoms with E-state index in [1.807, 2.05) is 49.4 Å². The SMILES string of the molecule is CCCCC(NC(=O)CNC(=O)C(=O)C(CCC)NC(=O)C1CC(OCC(=O)O)CN1C(=O)C(NC(=O)Cc1ccc2ccccc2c1)C1CCCCC1)C(N)=O. The van der Waals surface area contributed by atoms with Crippen LogP contribution in [0.15, 0.2) is 42.5 Å². The third-order valence-corrected chi connectivity index (χ3v) is 10.5. The van der Waals surface area contributed by atoms with Crippen molar-refractivity contribution in [1.82, 2.24) is 26.2 Å². The first kappa shape index (κ1) is 44.3. The number of ether oxygens (including phenoxy) is 1. The lowest BCUT2D eigenvalue weighted by Crippen LogP contribution is -2.58. The summed E-state index contributed by atoms with van der Waals surface area (Å²) in [6.07, 6.45) is 5.30. The molecule has 0 aromatic heterocycles. The molecule has 5 atom stereocenters. The monoisotopic (exact) mass is 792 g/mol. The molecule has 1 aliphatic heterocycles. The van der Waals surface area contributed by atoms with Crippen molar-refractivity contribution in [2.24, 2.45) is 11.7 Å². The number of carbonyl (C=O) groups is 8. The van der Waals surface area contributed by atoms with Gasteiger partial charge < -0.3 is 41.7 Å². The van der Waals surface area contributed by atoms with Crippen LogP contribution in [0.5, 0.6) is 0 Å². The van der Waals surface area contributed by atoms with Crippen molar-refractivity contribution in [3.05, 3.63) is 48.0 Å². The molecule has 1 aliphatic carbocycles. The number of Topliss-reactive ketones (excluding diaryl/α,β-unsaturated/α-hetero) is 1. The van der Waals surface area contributed by atoms with E-state index in [2.05, 4.69) is 21.3 Å². The van der Waals surface area contributed by atoms with Gasteiger partial charge in [-0.05, 0) is 47.9 Å². The number of hydrogen-bond acceptors (Lipinski definition) is 9. The van der Waals surface area contributed by atoms with Crippen LogP contribution in [0.3, 0.4) is 0 Å². The average molecular weight is 793 g/mol. The molecule has 5 unspecified atom stereocenters. The van der Waals surface area contributed by atoms with E-state index >= 15 is 0 Å². The van der Waals surface area contributed by atoms with Crippen LogP contribution >= 0.6 is 0 Å². The third-order valence-electron chi connectivity index (χ3n) is 10.5. The first-order chi connectivity index (χ1) is 27.3. The summed E-state index contributed by atoms with van der Waals surface area (Å²) in [6.45, 7) is 2.23. The van der Waals surface area contributed by atoms with E-state index in [9.17, 15) is 43.5 Å². The molecule has 1 saturated heterocycles. The lowest BCUT2D eigenvalue weighted by molar-refractivity contribution is -0.145. The lowest BCUT2D eigenvalue weighted by atomic mass is 9.83. The summed E-state index contributed by atoms with van der Waals surface area (Å²) in [5.74, 6) is -6.71. The van der Waals surface area contributed by atoms with Crippen LogP contribution in [0.25, 0.3) is 10.8 Å². The van der Waals surface area contributed by atoms with E-state index in [0.29, 0.717) is 32.1 Å². The smallest absolute Gasteiger partial charge is 0.329 e. The van der Waals surface area contributed by atoms with Gasteiger partial charge in [0.15, 0.2) is 0 Å². The quantitative estimate of drug-likeness (QED) is 0.0999. The second-order valence-corrected chi connectivity index (χ2v) is 14.9. The van der Waals surface area contributed by atoms with Crippen LogP contribution in [0.4, 0.5) is 0 Å². The molecule has 0 bridgehead atoms. The van der Waals surface area contributed by atoms with Crippen molar-refractivity contribution in [2.45, 2.75) is 121 Å². The van der Waals surface area contributed by atoms with Gasteiger partial charge in [0.25, 0.3) is 5.91 Å². The number of carbonyl (C=O) groups excluding carboxylic acids is 7. The van der Waals surface area contributed by atoms with E-state index in [0.717, 1.165) is 42.0 Å². The first-order valence-electron chi connectivity index (χ1n) is 19.9. The molecular formula is C41H56N6O10. The van der Waals surface area contributed by atoms with Crippen molar-refractivity contribution < 1.29 is 48.2 Å². The van der Waals surface area contributed by atoms with Crippen molar-refractivity contribution in [3.63, 3.8) is 0 Å². The summed E-state index contributed by atoms with van der Waals surface area (Å²) in [5.41, 5.74) is 6.14. The molecule has 7 N–H and O–H groups in total. The second kappa shape index (κ2) is 21.8. The van der Waals surface area contributed by atoms with Gasteiger partial charge in [-0.25, -0.2) is 4.79 Å². The zero-order valence-corrected chi connectivity index (χ0v) is 32.8. The molecule has 1 saturated carbocycles. The van der Waals surface area contributed by atoms with E-state index in [-0.39, 0.29) is 37.6 Å². The molecule has 0 radical (unpaired) electrons. The van der Waals surface area contributed by atoms with Crippen LogP contribution in [0.1, 0.15) is 90.0 Å². The number of carboxylic acids is 1. The van der Waals surface area contributed by atoms with E-state index in [1.54, 1.807) is 6.92 Å². The largest absolute Gasteiger partial charge is 0.480 e. The van der Waals surface area contributed by atoms with Crippen molar-refractivity contribution in [1.29, 1.82) is 0 Å². The molecule has 57 heavy (non-hydrogen) atoms. The maximum atomic E-state index is 14.5. The number of benzene rings is 2. The van der Waals surface area contributed by atoms with Crippen molar-refractivity contribution in [3.8, 4) is 0 Å². The number of aliphatic carboxylic acids is 1. The third kappa shape index (κ3) is 13.1. The predicted molar refractivity (Wildman–Crippen MR) is 209 cm³/mol. The molecule has 2 aliphatic rings. The molecule has 1 heterocycles. The maximum Gasteiger partial charge on any atom is 0.329 e. The van der Waals surface area contributed by atoms with Gasteiger partial charge in [-0.15, -0.1) is 0 Å². The second-order valence-electron chi connectivity index (χ2n) is 14.9. The standard InChI is InChI=1S/C41H56N6O10/c1-3-5-16-31(38(42)53)44-34(49)22-43-40(55)37(52)30(11-4-2)45-39(54)32-21-29(57-24-35(50)51)23-47(32)41(56)36(27-13-7-6-8-14-27)46-33(48)20-25-17-18-26-12-9-10-15-28(26)19-25/h9-10,12,15,17-19,27,29-32,36H,3-8,11,13-14,16,20-24H2,1-2H3,(H2,42,53)(H,43,55)(H,44,49)(H,45,54)(H,46,48)(H,50,51). The fourth-order valence-electron chi connectivity index (χ4n) is 7.56. The number of carboxylic acid groups (broad SMARTS) is 1. The van der Waals surface area contributed by atoms with Gasteiger partial charge in [-0.3, -0.25) is 33.6 Å². The number of fused-ring (bicyclic) bond motifs is 1. The fraction of sp³-hybridized carbons (Fsp3) is 0.561. The van der Waals surface area contributed by atoms with Crippen molar-refractivity contribution >= 4 is 58.0 Å². The Hall–Kier alpha value is -5.38. The zero-order valence-electron chi connectivity index (χ0n) is 32.8. The number of primary amides is 1. The van der Waals surface area contributed by atoms with E-state index < -0.39 is 84.7 Å². The number of ketones is 1. The molecule has 2 fully saturated rings. The molecule has 4 rings (SSSR count). The van der Waals surface area contributed by atoms with Crippen LogP contribution in [-0.4, -0.2) is 107 Å². The summed E-state index contributed by atoms with van der Waals surface area (Å²) in [5, 5.41) is 21.5. The molecule has 0 spiro atoms. The van der Waals surface area contributed by atoms with E-state index in [1.165, 1.54) is 4.90 Å². The predicted octanol–water partition coefficient (Wildman–Crippen LogP) is 1.65. The summed E-state index contributed by atoms with van der Waals surface area (Å²) in [4.78, 5) is 105. The van der Waals surface area contributed by atoms with Crippen LogP contribution in [-0.2, 0) is 49.5 Å². The number of nitrogens with zero attached hydrogens (tertiary/aromatic N) is 1. The average Bonchev–Trinajstić information content (AvgIpc) is 3.64. The number of amides is 6. The molecule has 6 amide bonds. The summed E-state index contributed by atoms with van der Waals surface area (Å²) >= 11 is 0. The molecule has 16 nitrogen and oxygen atoms in total. The van der Waals surface area contributed by atoms with Crippen molar-refractivity contribution in [2.75, 3.05) is 19.7 Å². The van der Waals surface area contributed by atoms with Gasteiger partial charge in [0.2, 0.25) is 35.3 Å². The number of nitrogens with two attached hydrogens (primary N) is 1. The Labute approximate surface area is 332 Å². The van der Waals surface area contributed by atoms with Crippen LogP contribution in [0.2, 0.25) is 0 Å². The number of hydrogen-bond donors (Lipinski definition) is 6. The minimum atomic E-state index is -1.32. The topological polar surface area (TPSA) is 243 Å². The number of nitrogens with one attached hydrogen (secondary N) is 4. The summed E-state index contributed by atoms with van der Waals surface area (Å²) in [7, 11) is 0. The Balaban J connectivity index is 1.49. The molecule has 2 aromatic carbocycles. The highest BCUT2D eigenvalue weighted by Crippen LogP contribution is 2.30. The van der Waals surface area contributed by atoms with Gasteiger partial charge >= 0.3 is 5.97 Å². The van der Waals surface area contributed by atoms with Gasteiger partial charge in [0.05, 0.1) is 25.1 Å². The number of likely N-dealkylation sites (tertiary alicyclic amines) is 1. The zero-order chi connectivity index (χ0) is 41.5. The summed E-state index contributed by atoms with van der Waals surface area (Å²) < 4.78 is 5.54. The molecule has 2 aromatic rings. The molecular weight excluding hydrogens is 736 g/mol. The lowest BCUT2D eigenvalue weighted by Gasteiger charge is -2.35. The van der Waals surface area contributed by atoms with Gasteiger partial charge in [-0.1, -0.05) is 94.8 Å². The Morgan fingerprint density at radius 1 is 0.860 bits per heavy atom. The Morgan fingerprint density at radius 3 is 2.25 bits per heavy atom. The Bertz CT molecular complexity index is 1780. The van der Waals surface area contributed by atoms with Crippen LogP contribution < -0.4 is 27.0 Å². The van der Waals surface area contributed by atoms with Gasteiger partial charge in [0.1, 0.15) is 24.7 Å². The minimum Gasteiger partial charge on any atom is -0.480 e. The molecule has 16 heteroatoms. The van der Waals surface area contributed by atoms with Gasteiger partial charge in [0, 0.05) is 13.0 Å². The normalized spacial score (nSPS) is 18.5. The number of rotatable bonds is 21. The van der Waals surface area contributed by atoms with Gasteiger partial charge in [-0.2, -0.15) is 0 Å². The Morgan fingerprint density at radius 2 is 1.58 bits per heavy atom. The Kier molecular flexibility index (Phi) is 17.0. The molecule has 310 valence electrons. The highest BCUT2D eigenvalue weighted by molar-refractivity contribution is 6.38. The number of unbranched alkanes of at least 4 members (excludes halogenated alkanes) is 1. The maximum absolute atomic E-state index is 14.5. The highest BCUT2D eigenvalue weighted by Gasteiger charge is 2.45. The van der Waals surface area contributed by atoms with Crippen LogP contribution in [0, 0.1) is 5.92 Å². The first-order valence-corrected chi connectivity index (χ1v) is 19.9. The minimum absolute atomic E-state index is 0.0186. The summed E-state index contributed by atoms with van der Waals surface area (Å²) in [6, 6.07) is 9.04.